The highest BCUT2D eigenvalue weighted by Gasteiger charge is 2.24. The molecular weight excluding hydrogens is 276 g/mol. The Hall–Kier alpha value is -1.45. The zero-order valence-corrected chi connectivity index (χ0v) is 13.7. The van der Waals surface area contributed by atoms with Crippen LogP contribution in [0, 0.1) is 0 Å². The van der Waals surface area contributed by atoms with Crippen LogP contribution >= 0.6 is 11.8 Å². The number of hydrogen-bond acceptors (Lipinski definition) is 3. The number of anilines is 2. The molecule has 1 aliphatic heterocycles. The molecule has 1 atom stereocenters. The third kappa shape index (κ3) is 2.81. The van der Waals surface area contributed by atoms with Crippen molar-refractivity contribution < 1.29 is 0 Å². The molecule has 0 aromatic heterocycles. The van der Waals surface area contributed by atoms with Crippen molar-refractivity contribution in [1.29, 1.82) is 0 Å². The fourth-order valence-corrected chi connectivity index (χ4v) is 3.79. The van der Waals surface area contributed by atoms with Gasteiger partial charge >= 0.3 is 0 Å². The molecule has 110 valence electrons. The van der Waals surface area contributed by atoms with Gasteiger partial charge < -0.3 is 9.80 Å². The third-order valence-electron chi connectivity index (χ3n) is 4.23. The molecule has 0 spiro atoms. The van der Waals surface area contributed by atoms with Crippen LogP contribution in [0.2, 0.25) is 0 Å². The summed E-state index contributed by atoms with van der Waals surface area (Å²) in [6.07, 6.45) is 0. The third-order valence-corrected chi connectivity index (χ3v) is 5.36. The topological polar surface area (TPSA) is 6.48 Å². The van der Waals surface area contributed by atoms with Gasteiger partial charge in [-0.15, -0.1) is 0 Å². The number of para-hydroxylation sites is 2. The number of rotatable bonds is 4. The van der Waals surface area contributed by atoms with Gasteiger partial charge in [-0.3, -0.25) is 0 Å². The van der Waals surface area contributed by atoms with Crippen molar-refractivity contribution in [2.75, 3.05) is 25.0 Å². The average molecular weight is 298 g/mol. The second-order valence-corrected chi connectivity index (χ2v) is 6.65. The smallest absolute Gasteiger partial charge is 0.0553 e. The summed E-state index contributed by atoms with van der Waals surface area (Å²) >= 11 is 1.87. The van der Waals surface area contributed by atoms with Gasteiger partial charge in [0, 0.05) is 22.4 Å². The van der Waals surface area contributed by atoms with Crippen molar-refractivity contribution in [3.8, 4) is 0 Å². The summed E-state index contributed by atoms with van der Waals surface area (Å²) in [5.41, 5.74) is 2.66. The lowest BCUT2D eigenvalue weighted by atomic mass is 10.2. The molecule has 0 N–H and O–H groups in total. The maximum Gasteiger partial charge on any atom is 0.0553 e. The fourth-order valence-electron chi connectivity index (χ4n) is 2.69. The molecule has 0 saturated carbocycles. The molecule has 21 heavy (non-hydrogen) atoms. The fraction of sp³-hybridized carbons (Fsp3) is 0.333. The molecule has 0 aliphatic carbocycles. The van der Waals surface area contributed by atoms with Crippen molar-refractivity contribution in [3.63, 3.8) is 0 Å². The Balaban J connectivity index is 1.98. The second-order valence-electron chi connectivity index (χ2n) is 5.57. The van der Waals surface area contributed by atoms with Gasteiger partial charge in [0.05, 0.1) is 11.4 Å². The second kappa shape index (κ2) is 6.12. The van der Waals surface area contributed by atoms with Crippen LogP contribution < -0.4 is 4.90 Å². The van der Waals surface area contributed by atoms with Crippen LogP contribution in [0.1, 0.15) is 13.8 Å². The van der Waals surface area contributed by atoms with Crippen molar-refractivity contribution in [1.82, 2.24) is 4.90 Å². The minimum atomic E-state index is 0.513. The van der Waals surface area contributed by atoms with Crippen LogP contribution in [0.25, 0.3) is 0 Å². The first-order valence-electron chi connectivity index (χ1n) is 7.54. The number of benzene rings is 2. The molecule has 0 fully saturated rings. The quantitative estimate of drug-likeness (QED) is 0.812. The molecular formula is C18H22N2S. The van der Waals surface area contributed by atoms with E-state index < -0.39 is 0 Å². The summed E-state index contributed by atoms with van der Waals surface area (Å²) in [5.74, 6) is 0. The minimum Gasteiger partial charge on any atom is -0.338 e. The largest absolute Gasteiger partial charge is 0.338 e. The molecule has 0 saturated heterocycles. The van der Waals surface area contributed by atoms with Gasteiger partial charge in [0.15, 0.2) is 0 Å². The number of hydrogen-bond donors (Lipinski definition) is 0. The van der Waals surface area contributed by atoms with E-state index in [-0.39, 0.29) is 0 Å². The molecule has 2 nitrogen and oxygen atoms in total. The molecule has 1 heterocycles. The minimum absolute atomic E-state index is 0.513. The van der Waals surface area contributed by atoms with E-state index in [9.17, 15) is 0 Å². The Labute approximate surface area is 131 Å². The molecule has 1 aliphatic rings. The number of fused-ring (bicyclic) bond motifs is 2. The molecule has 0 amide bonds. The summed E-state index contributed by atoms with van der Waals surface area (Å²) in [6.45, 7) is 6.60. The molecule has 2 aromatic carbocycles. The standard InChI is InChI=1S/C18H22N2S/c1-4-19(3)14(2)13-20-15-9-5-7-11-17(15)21-18-12-8-6-10-16(18)20/h5-12,14H,4,13H2,1-3H3. The predicted molar refractivity (Wildman–Crippen MR) is 91.8 cm³/mol. The van der Waals surface area contributed by atoms with Crippen LogP contribution in [-0.2, 0) is 0 Å². The van der Waals surface area contributed by atoms with Crippen molar-refractivity contribution in [2.24, 2.45) is 0 Å². The number of likely N-dealkylation sites (N-methyl/N-ethyl adjacent to an activating group) is 1. The van der Waals surface area contributed by atoms with Crippen LogP contribution in [-0.4, -0.2) is 31.1 Å². The van der Waals surface area contributed by atoms with Crippen molar-refractivity contribution in [2.45, 2.75) is 29.7 Å². The van der Waals surface area contributed by atoms with E-state index in [0.29, 0.717) is 6.04 Å². The highest BCUT2D eigenvalue weighted by atomic mass is 32.2. The van der Waals surface area contributed by atoms with Gasteiger partial charge in [-0.1, -0.05) is 43.0 Å². The summed E-state index contributed by atoms with van der Waals surface area (Å²) in [7, 11) is 2.20. The lowest BCUT2D eigenvalue weighted by Crippen LogP contribution is -2.39. The molecule has 3 rings (SSSR count). The van der Waals surface area contributed by atoms with E-state index >= 15 is 0 Å². The van der Waals surface area contributed by atoms with Gasteiger partial charge in [-0.2, -0.15) is 0 Å². The Morgan fingerprint density at radius 1 is 1.00 bits per heavy atom. The van der Waals surface area contributed by atoms with E-state index in [1.165, 1.54) is 21.2 Å². The molecule has 0 bridgehead atoms. The molecule has 0 radical (unpaired) electrons. The maximum atomic E-state index is 2.47. The summed E-state index contributed by atoms with van der Waals surface area (Å²) in [6, 6.07) is 17.9. The van der Waals surface area contributed by atoms with Crippen LogP contribution in [0.5, 0.6) is 0 Å². The van der Waals surface area contributed by atoms with E-state index in [1.807, 2.05) is 11.8 Å². The highest BCUT2D eigenvalue weighted by Crippen LogP contribution is 2.47. The summed E-state index contributed by atoms with van der Waals surface area (Å²) in [5, 5.41) is 0. The Morgan fingerprint density at radius 2 is 1.52 bits per heavy atom. The van der Waals surface area contributed by atoms with Crippen LogP contribution in [0.15, 0.2) is 58.3 Å². The molecule has 2 aromatic rings. The van der Waals surface area contributed by atoms with Gasteiger partial charge in [-0.25, -0.2) is 0 Å². The highest BCUT2D eigenvalue weighted by molar-refractivity contribution is 7.99. The molecule has 3 heteroatoms. The monoisotopic (exact) mass is 298 g/mol. The normalized spacial score (nSPS) is 14.8. The Morgan fingerprint density at radius 3 is 2.05 bits per heavy atom. The van der Waals surface area contributed by atoms with Gasteiger partial charge in [0.2, 0.25) is 0 Å². The van der Waals surface area contributed by atoms with Gasteiger partial charge in [0.1, 0.15) is 0 Å². The average Bonchev–Trinajstić information content (AvgIpc) is 2.53. The lowest BCUT2D eigenvalue weighted by Gasteiger charge is -2.36. The number of nitrogens with zero attached hydrogens (tertiary/aromatic N) is 2. The van der Waals surface area contributed by atoms with Crippen LogP contribution in [0.3, 0.4) is 0 Å². The summed E-state index contributed by atoms with van der Waals surface area (Å²) < 4.78 is 0. The first-order chi connectivity index (χ1) is 10.2. The van der Waals surface area contributed by atoms with E-state index in [2.05, 4.69) is 79.2 Å². The van der Waals surface area contributed by atoms with E-state index in [4.69, 9.17) is 0 Å². The van der Waals surface area contributed by atoms with Crippen molar-refractivity contribution in [3.05, 3.63) is 48.5 Å². The zero-order valence-electron chi connectivity index (χ0n) is 12.9. The zero-order chi connectivity index (χ0) is 14.8. The molecule has 1 unspecified atom stereocenters. The van der Waals surface area contributed by atoms with Gasteiger partial charge in [-0.05, 0) is 44.8 Å². The Kier molecular flexibility index (Phi) is 4.22. The van der Waals surface area contributed by atoms with Gasteiger partial charge in [0.25, 0.3) is 0 Å². The van der Waals surface area contributed by atoms with Crippen LogP contribution in [0.4, 0.5) is 11.4 Å². The first kappa shape index (κ1) is 14.5. The van der Waals surface area contributed by atoms with Crippen molar-refractivity contribution >= 4 is 23.1 Å². The Bertz CT molecular complexity index is 581. The first-order valence-corrected chi connectivity index (χ1v) is 8.36. The maximum absolute atomic E-state index is 2.47. The summed E-state index contributed by atoms with van der Waals surface area (Å²) in [4.78, 5) is 7.57. The SMILES string of the molecule is CCN(C)C(C)CN1c2ccccc2Sc2ccccc21. The van der Waals surface area contributed by atoms with E-state index in [0.717, 1.165) is 13.1 Å². The van der Waals surface area contributed by atoms with E-state index in [1.54, 1.807) is 0 Å². The lowest BCUT2D eigenvalue weighted by molar-refractivity contribution is 0.276. The predicted octanol–water partition coefficient (Wildman–Crippen LogP) is 4.63.